The minimum atomic E-state index is 0.578. The molecule has 0 N–H and O–H groups in total. The molecule has 3 rings (SSSR count). The second-order valence-corrected chi connectivity index (χ2v) is 6.60. The molecular formula is C14H13NOS3. The van der Waals surface area contributed by atoms with E-state index in [2.05, 4.69) is 35.1 Å². The highest BCUT2D eigenvalue weighted by Gasteiger charge is 2.11. The first-order chi connectivity index (χ1) is 9.29. The molecule has 0 saturated carbocycles. The fourth-order valence-electron chi connectivity index (χ4n) is 1.99. The highest BCUT2D eigenvalue weighted by molar-refractivity contribution is 7.80. The molecule has 3 aromatic rings. The van der Waals surface area contributed by atoms with Gasteiger partial charge in [-0.15, -0.1) is 22.7 Å². The fraction of sp³-hybridized carbons (Fsp3) is 0.214. The van der Waals surface area contributed by atoms with Crippen LogP contribution >= 0.6 is 35.3 Å². The van der Waals surface area contributed by atoms with Crippen LogP contribution in [-0.4, -0.2) is 17.3 Å². The summed E-state index contributed by atoms with van der Waals surface area (Å²) < 4.78 is 8.27. The van der Waals surface area contributed by atoms with Gasteiger partial charge in [-0.2, -0.15) is 12.6 Å². The first-order valence-corrected chi connectivity index (χ1v) is 8.28. The third-order valence-corrected chi connectivity index (χ3v) is 4.83. The van der Waals surface area contributed by atoms with E-state index in [4.69, 9.17) is 4.74 Å². The van der Waals surface area contributed by atoms with Crippen LogP contribution in [0, 0.1) is 6.92 Å². The molecule has 98 valence electrons. The lowest BCUT2D eigenvalue weighted by Crippen LogP contribution is -1.93. The lowest BCUT2D eigenvalue weighted by Gasteiger charge is -2.05. The average Bonchev–Trinajstić information content (AvgIpc) is 2.99. The van der Waals surface area contributed by atoms with Crippen LogP contribution in [0.1, 0.15) is 5.01 Å². The zero-order valence-electron chi connectivity index (χ0n) is 10.4. The van der Waals surface area contributed by atoms with E-state index in [0.717, 1.165) is 27.4 Å². The summed E-state index contributed by atoms with van der Waals surface area (Å²) in [6, 6.07) is 4.20. The fourth-order valence-corrected chi connectivity index (χ4v) is 3.97. The Balaban J connectivity index is 2.05. The van der Waals surface area contributed by atoms with Crippen molar-refractivity contribution in [1.29, 1.82) is 0 Å². The number of hydrogen-bond acceptors (Lipinski definition) is 5. The third-order valence-electron chi connectivity index (χ3n) is 2.78. The van der Waals surface area contributed by atoms with Crippen molar-refractivity contribution in [2.45, 2.75) is 6.92 Å². The number of nitrogens with zero attached hydrogens (tertiary/aromatic N) is 1. The topological polar surface area (TPSA) is 22.1 Å². The molecule has 2 heterocycles. The van der Waals surface area contributed by atoms with Gasteiger partial charge in [0.15, 0.2) is 0 Å². The van der Waals surface area contributed by atoms with Gasteiger partial charge in [0.05, 0.1) is 19.9 Å². The highest BCUT2D eigenvalue weighted by atomic mass is 32.1. The van der Waals surface area contributed by atoms with Gasteiger partial charge in [0.1, 0.15) is 12.4 Å². The van der Waals surface area contributed by atoms with Gasteiger partial charge >= 0.3 is 0 Å². The summed E-state index contributed by atoms with van der Waals surface area (Å²) in [5, 5.41) is 4.34. The molecule has 0 spiro atoms. The zero-order valence-corrected chi connectivity index (χ0v) is 12.9. The Morgan fingerprint density at radius 3 is 3.16 bits per heavy atom. The van der Waals surface area contributed by atoms with Crippen LogP contribution in [0.5, 0.6) is 5.75 Å². The highest BCUT2D eigenvalue weighted by Crippen LogP contribution is 2.38. The molecule has 2 aromatic heterocycles. The molecule has 19 heavy (non-hydrogen) atoms. The van der Waals surface area contributed by atoms with Crippen molar-refractivity contribution >= 4 is 55.6 Å². The second-order valence-electron chi connectivity index (χ2n) is 4.08. The third kappa shape index (κ3) is 2.50. The minimum absolute atomic E-state index is 0.578. The summed E-state index contributed by atoms with van der Waals surface area (Å²) in [4.78, 5) is 4.61. The summed E-state index contributed by atoms with van der Waals surface area (Å²) in [7, 11) is 0. The van der Waals surface area contributed by atoms with E-state index >= 15 is 0 Å². The van der Waals surface area contributed by atoms with Gasteiger partial charge in [0, 0.05) is 17.2 Å². The van der Waals surface area contributed by atoms with E-state index in [0.29, 0.717) is 6.61 Å². The number of thiol groups is 1. The zero-order chi connectivity index (χ0) is 13.2. The molecule has 0 aliphatic rings. The van der Waals surface area contributed by atoms with E-state index in [1.807, 2.05) is 19.1 Å². The Bertz CT molecular complexity index is 742. The maximum Gasteiger partial charge on any atom is 0.130 e. The maximum absolute atomic E-state index is 5.86. The molecule has 2 nitrogen and oxygen atoms in total. The first kappa shape index (κ1) is 13.0. The van der Waals surface area contributed by atoms with Gasteiger partial charge in [-0.05, 0) is 18.4 Å². The smallest absolute Gasteiger partial charge is 0.130 e. The molecule has 0 fully saturated rings. The number of rotatable bonds is 4. The number of ether oxygens (including phenoxy) is 1. The van der Waals surface area contributed by atoms with Crippen molar-refractivity contribution in [3.8, 4) is 5.75 Å². The predicted octanol–water partition coefficient (Wildman–Crippen LogP) is 4.68. The van der Waals surface area contributed by atoms with Crippen LogP contribution in [0.3, 0.4) is 0 Å². The number of thiophene rings is 1. The van der Waals surface area contributed by atoms with Crippen LogP contribution in [0.15, 0.2) is 29.7 Å². The van der Waals surface area contributed by atoms with Crippen LogP contribution in [-0.2, 0) is 0 Å². The largest absolute Gasteiger partial charge is 0.489 e. The molecule has 0 aliphatic heterocycles. The lowest BCUT2D eigenvalue weighted by atomic mass is 10.2. The number of benzene rings is 1. The summed E-state index contributed by atoms with van der Waals surface area (Å²) >= 11 is 7.57. The van der Waals surface area contributed by atoms with E-state index in [9.17, 15) is 0 Å². The molecule has 0 aliphatic carbocycles. The molecular weight excluding hydrogens is 294 g/mol. The number of aryl methyl sites for hydroxylation is 1. The van der Waals surface area contributed by atoms with Crippen LogP contribution in [0.2, 0.25) is 0 Å². The van der Waals surface area contributed by atoms with Crippen molar-refractivity contribution in [3.63, 3.8) is 0 Å². The van der Waals surface area contributed by atoms with Crippen molar-refractivity contribution in [3.05, 3.63) is 34.7 Å². The standard InChI is InChI=1S/C14H13NOS3/c1-9-15-13-12(19-9)8-11(16-5-2-3-6-17)10-4-7-18-14(10)13/h2-4,7-8,17H,5-6H2,1H3. The Morgan fingerprint density at radius 2 is 2.32 bits per heavy atom. The van der Waals surface area contributed by atoms with E-state index in [-0.39, 0.29) is 0 Å². The predicted molar refractivity (Wildman–Crippen MR) is 88.2 cm³/mol. The molecule has 0 saturated heterocycles. The Labute approximate surface area is 125 Å². The molecule has 0 bridgehead atoms. The first-order valence-electron chi connectivity index (χ1n) is 5.95. The van der Waals surface area contributed by atoms with Crippen molar-refractivity contribution in [1.82, 2.24) is 4.98 Å². The minimum Gasteiger partial charge on any atom is -0.489 e. The number of thiazole rings is 1. The van der Waals surface area contributed by atoms with Crippen molar-refractivity contribution in [2.75, 3.05) is 12.4 Å². The van der Waals surface area contributed by atoms with E-state index in [1.54, 1.807) is 22.7 Å². The molecule has 1 aromatic carbocycles. The summed E-state index contributed by atoms with van der Waals surface area (Å²) in [5.74, 6) is 1.68. The number of aromatic nitrogens is 1. The van der Waals surface area contributed by atoms with E-state index < -0.39 is 0 Å². The van der Waals surface area contributed by atoms with Gasteiger partial charge in [-0.25, -0.2) is 4.98 Å². The second kappa shape index (κ2) is 5.53. The summed E-state index contributed by atoms with van der Waals surface area (Å²) in [5.41, 5.74) is 1.10. The van der Waals surface area contributed by atoms with Gasteiger partial charge in [-0.3, -0.25) is 0 Å². The Morgan fingerprint density at radius 1 is 1.42 bits per heavy atom. The molecule has 0 amide bonds. The number of hydrogen-bond donors (Lipinski definition) is 1. The molecule has 5 heteroatoms. The normalized spacial score (nSPS) is 11.9. The maximum atomic E-state index is 5.86. The SMILES string of the molecule is Cc1nc2c(cc(OCC=CCS)c3ccsc32)s1. The van der Waals surface area contributed by atoms with Crippen LogP contribution in [0.4, 0.5) is 0 Å². The molecule has 0 atom stereocenters. The van der Waals surface area contributed by atoms with Gasteiger partial charge in [0.2, 0.25) is 0 Å². The average molecular weight is 307 g/mol. The Hall–Kier alpha value is -1.04. The van der Waals surface area contributed by atoms with Gasteiger partial charge < -0.3 is 4.74 Å². The Kier molecular flexibility index (Phi) is 3.77. The van der Waals surface area contributed by atoms with Gasteiger partial charge in [-0.1, -0.05) is 12.2 Å². The monoisotopic (exact) mass is 307 g/mol. The summed E-state index contributed by atoms with van der Waals surface area (Å²) in [6.45, 7) is 2.62. The molecule has 0 radical (unpaired) electrons. The summed E-state index contributed by atoms with van der Waals surface area (Å²) in [6.07, 6.45) is 3.98. The van der Waals surface area contributed by atoms with Crippen LogP contribution in [0.25, 0.3) is 20.3 Å². The van der Waals surface area contributed by atoms with Crippen molar-refractivity contribution in [2.24, 2.45) is 0 Å². The molecule has 0 unspecified atom stereocenters. The lowest BCUT2D eigenvalue weighted by molar-refractivity contribution is 0.367. The van der Waals surface area contributed by atoms with E-state index in [1.165, 1.54) is 9.40 Å². The quantitative estimate of drug-likeness (QED) is 0.558. The van der Waals surface area contributed by atoms with Crippen LogP contribution < -0.4 is 4.74 Å². The van der Waals surface area contributed by atoms with Gasteiger partial charge in [0.25, 0.3) is 0 Å². The number of fused-ring (bicyclic) bond motifs is 3. The van der Waals surface area contributed by atoms with Crippen molar-refractivity contribution < 1.29 is 4.74 Å².